The van der Waals surface area contributed by atoms with Crippen molar-refractivity contribution in [2.24, 2.45) is 0 Å². The normalized spacial score (nSPS) is 12.2. The summed E-state index contributed by atoms with van der Waals surface area (Å²) < 4.78 is 52.9. The zero-order valence-corrected chi connectivity index (χ0v) is 16.8. The fourth-order valence-electron chi connectivity index (χ4n) is 2.51. The molecule has 0 amide bonds. The minimum absolute atomic E-state index is 0.108. The van der Waals surface area contributed by atoms with E-state index in [1.54, 1.807) is 48.5 Å². The molecule has 0 heterocycles. The van der Waals surface area contributed by atoms with E-state index in [9.17, 15) is 16.8 Å². The van der Waals surface area contributed by atoms with Gasteiger partial charge < -0.3 is 0 Å². The van der Waals surface area contributed by atoms with E-state index in [1.165, 1.54) is 30.3 Å². The molecule has 144 valence electrons. The van der Waals surface area contributed by atoms with E-state index in [-0.39, 0.29) is 9.79 Å². The molecule has 0 spiro atoms. The van der Waals surface area contributed by atoms with E-state index in [2.05, 4.69) is 0 Å². The van der Waals surface area contributed by atoms with Crippen molar-refractivity contribution >= 4 is 26.1 Å². The van der Waals surface area contributed by atoms with Gasteiger partial charge in [0.05, 0.1) is 9.79 Å². The Kier molecular flexibility index (Phi) is 5.67. The van der Waals surface area contributed by atoms with Crippen LogP contribution >= 0.6 is 0 Å². The molecule has 3 aromatic carbocycles. The van der Waals surface area contributed by atoms with Crippen LogP contribution in [0.4, 0.5) is 0 Å². The summed E-state index contributed by atoms with van der Waals surface area (Å²) in [6.45, 7) is 1.93. The topological polar surface area (TPSA) is 71.5 Å². The van der Waals surface area contributed by atoms with E-state index < -0.39 is 20.0 Å². The summed E-state index contributed by atoms with van der Waals surface area (Å²) in [5, 5.41) is 0. The van der Waals surface area contributed by atoms with Crippen LogP contribution in [0, 0.1) is 6.92 Å². The molecular formula is C21H19NO4S2. The van der Waals surface area contributed by atoms with Gasteiger partial charge in [-0.3, -0.25) is 0 Å². The number of hydrogen-bond acceptors (Lipinski definition) is 4. The second kappa shape index (κ2) is 8.00. The van der Waals surface area contributed by atoms with Crippen molar-refractivity contribution < 1.29 is 16.8 Å². The van der Waals surface area contributed by atoms with Crippen molar-refractivity contribution in [2.45, 2.75) is 16.7 Å². The van der Waals surface area contributed by atoms with Crippen LogP contribution in [0.2, 0.25) is 0 Å². The molecule has 5 nitrogen and oxygen atoms in total. The third kappa shape index (κ3) is 4.16. The van der Waals surface area contributed by atoms with Gasteiger partial charge in [-0.15, -0.1) is 0 Å². The fourth-order valence-corrected chi connectivity index (χ4v) is 5.92. The Labute approximate surface area is 165 Å². The highest BCUT2D eigenvalue weighted by Crippen LogP contribution is 2.25. The standard InChI is InChI=1S/C21H19NO4S2/c1-18-12-14-19(15-13-18)16-17-22(27(23,24)20-8-4-2-5-9-20)28(25,26)21-10-6-3-7-11-21/h2-17H,1H3/b17-16+. The second-order valence-corrected chi connectivity index (χ2v) is 9.95. The summed E-state index contributed by atoms with van der Waals surface area (Å²) in [7, 11) is -8.65. The Morgan fingerprint density at radius 2 is 1.07 bits per heavy atom. The molecule has 7 heteroatoms. The summed E-state index contributed by atoms with van der Waals surface area (Å²) in [4.78, 5) is -0.217. The molecule has 0 aliphatic heterocycles. The molecule has 0 atom stereocenters. The first-order valence-corrected chi connectivity index (χ1v) is 11.3. The zero-order valence-electron chi connectivity index (χ0n) is 15.1. The number of nitrogens with zero attached hydrogens (tertiary/aromatic N) is 1. The monoisotopic (exact) mass is 413 g/mol. The molecule has 0 aliphatic rings. The highest BCUT2D eigenvalue weighted by atomic mass is 32.3. The van der Waals surface area contributed by atoms with Crippen LogP contribution in [0.3, 0.4) is 0 Å². The van der Waals surface area contributed by atoms with Gasteiger partial charge in [-0.2, -0.15) is 3.71 Å². The Balaban J connectivity index is 2.13. The van der Waals surface area contributed by atoms with Gasteiger partial charge in [-0.05, 0) is 42.8 Å². The summed E-state index contributed by atoms with van der Waals surface area (Å²) >= 11 is 0. The Hall–Kier alpha value is -2.90. The third-order valence-corrected chi connectivity index (χ3v) is 8.13. The van der Waals surface area contributed by atoms with E-state index in [0.717, 1.165) is 11.8 Å². The smallest absolute Gasteiger partial charge is 0.200 e. The average molecular weight is 414 g/mol. The highest BCUT2D eigenvalue weighted by Gasteiger charge is 2.33. The van der Waals surface area contributed by atoms with E-state index >= 15 is 0 Å². The van der Waals surface area contributed by atoms with Gasteiger partial charge in [-0.1, -0.05) is 66.2 Å². The van der Waals surface area contributed by atoms with Crippen LogP contribution < -0.4 is 0 Å². The maximum Gasteiger partial charge on any atom is 0.277 e. The molecule has 0 aliphatic carbocycles. The molecule has 3 aromatic rings. The number of aryl methyl sites for hydroxylation is 1. The second-order valence-electron chi connectivity index (χ2n) is 6.09. The first kappa shape index (κ1) is 19.9. The van der Waals surface area contributed by atoms with Crippen molar-refractivity contribution in [1.29, 1.82) is 0 Å². The van der Waals surface area contributed by atoms with E-state index in [1.807, 2.05) is 19.1 Å². The Bertz CT molecular complexity index is 1100. The molecule has 0 aromatic heterocycles. The molecule has 0 radical (unpaired) electrons. The molecule has 0 fully saturated rings. The van der Waals surface area contributed by atoms with Gasteiger partial charge in [0.1, 0.15) is 0 Å². The SMILES string of the molecule is Cc1ccc(/C=C/N(S(=O)(=O)c2ccccc2)S(=O)(=O)c2ccccc2)cc1. The first-order chi connectivity index (χ1) is 13.3. The van der Waals surface area contributed by atoms with Crippen molar-refractivity contribution in [3.05, 3.63) is 102 Å². The van der Waals surface area contributed by atoms with Crippen molar-refractivity contribution in [2.75, 3.05) is 0 Å². The largest absolute Gasteiger partial charge is 0.277 e. The predicted octanol–water partition coefficient (Wildman–Crippen LogP) is 4.05. The van der Waals surface area contributed by atoms with Crippen LogP contribution in [0.1, 0.15) is 11.1 Å². The summed E-state index contributed by atoms with van der Waals surface area (Å²) in [5.41, 5.74) is 1.73. The van der Waals surface area contributed by atoms with Gasteiger partial charge in [0.2, 0.25) is 0 Å². The highest BCUT2D eigenvalue weighted by molar-refractivity contribution is 8.04. The van der Waals surface area contributed by atoms with Crippen molar-refractivity contribution in [3.8, 4) is 0 Å². The van der Waals surface area contributed by atoms with Gasteiger partial charge in [-0.25, -0.2) is 16.8 Å². The van der Waals surface area contributed by atoms with Crippen molar-refractivity contribution in [3.63, 3.8) is 0 Å². The third-order valence-electron chi connectivity index (χ3n) is 4.02. The van der Waals surface area contributed by atoms with Crippen LogP contribution in [-0.2, 0) is 20.0 Å². The predicted molar refractivity (Wildman–Crippen MR) is 109 cm³/mol. The lowest BCUT2D eigenvalue weighted by Crippen LogP contribution is -2.32. The fraction of sp³-hybridized carbons (Fsp3) is 0.0476. The van der Waals surface area contributed by atoms with Gasteiger partial charge in [0.15, 0.2) is 0 Å². The summed E-state index contributed by atoms with van der Waals surface area (Å²) in [6.07, 6.45) is 2.54. The lowest BCUT2D eigenvalue weighted by molar-refractivity contribution is 0.537. The van der Waals surface area contributed by atoms with Crippen molar-refractivity contribution in [1.82, 2.24) is 3.71 Å². The molecule has 28 heavy (non-hydrogen) atoms. The molecule has 0 saturated heterocycles. The van der Waals surface area contributed by atoms with E-state index in [4.69, 9.17) is 0 Å². The van der Waals surface area contributed by atoms with Crippen LogP contribution in [0.5, 0.6) is 0 Å². The molecule has 0 saturated carbocycles. The first-order valence-electron chi connectivity index (χ1n) is 8.46. The molecule has 0 N–H and O–H groups in total. The number of rotatable bonds is 6. The average Bonchev–Trinajstić information content (AvgIpc) is 2.70. The van der Waals surface area contributed by atoms with Crippen LogP contribution in [0.15, 0.2) is 101 Å². The maximum absolute atomic E-state index is 13.1. The number of sulfonamides is 2. The summed E-state index contributed by atoms with van der Waals surface area (Å²) in [6, 6.07) is 22.3. The summed E-state index contributed by atoms with van der Waals surface area (Å²) in [5.74, 6) is 0. The lowest BCUT2D eigenvalue weighted by Gasteiger charge is -2.20. The van der Waals surface area contributed by atoms with Gasteiger partial charge in [0.25, 0.3) is 20.0 Å². The van der Waals surface area contributed by atoms with Gasteiger partial charge in [0, 0.05) is 6.20 Å². The number of benzene rings is 3. The molecular weight excluding hydrogens is 394 g/mol. The molecule has 3 rings (SSSR count). The quantitative estimate of drug-likeness (QED) is 0.611. The minimum Gasteiger partial charge on any atom is -0.200 e. The Morgan fingerprint density at radius 3 is 1.50 bits per heavy atom. The maximum atomic E-state index is 13.1. The van der Waals surface area contributed by atoms with Gasteiger partial charge >= 0.3 is 0 Å². The minimum atomic E-state index is -4.33. The van der Waals surface area contributed by atoms with E-state index in [0.29, 0.717) is 9.27 Å². The van der Waals surface area contributed by atoms with Crippen LogP contribution in [0.25, 0.3) is 6.08 Å². The zero-order chi connectivity index (χ0) is 20.2. The lowest BCUT2D eigenvalue weighted by atomic mass is 10.1. The number of hydrogen-bond donors (Lipinski definition) is 0. The molecule has 0 bridgehead atoms. The Morgan fingerprint density at radius 1 is 0.643 bits per heavy atom. The molecule has 0 unspecified atom stereocenters. The van der Waals surface area contributed by atoms with Crippen LogP contribution in [-0.4, -0.2) is 20.5 Å².